The lowest BCUT2D eigenvalue weighted by Gasteiger charge is -2.11. The van der Waals surface area contributed by atoms with Crippen LogP contribution in [0.1, 0.15) is 16.1 Å². The number of carboxylic acid groups (broad SMARTS) is 1. The third-order valence-electron chi connectivity index (χ3n) is 3.89. The molecule has 0 unspecified atom stereocenters. The molecule has 0 atom stereocenters. The number of carboxylic acids is 1. The second kappa shape index (κ2) is 7.32. The molecule has 0 amide bonds. The highest BCUT2D eigenvalue weighted by molar-refractivity contribution is 7.90. The number of aryl methyl sites for hydroxylation is 1. The summed E-state index contributed by atoms with van der Waals surface area (Å²) in [5, 5.41) is 8.96. The molecule has 1 heterocycles. The average molecular weight is 400 g/mol. The van der Waals surface area contributed by atoms with Gasteiger partial charge in [0.1, 0.15) is 11.5 Å². The number of carbonyl (C=O) groups is 1. The molecule has 0 fully saturated rings. The molecule has 0 saturated heterocycles. The summed E-state index contributed by atoms with van der Waals surface area (Å²) in [5.74, 6) is -0.392. The van der Waals surface area contributed by atoms with Gasteiger partial charge in [0.2, 0.25) is 11.2 Å². The van der Waals surface area contributed by atoms with E-state index in [4.69, 9.17) is 14.3 Å². The first kappa shape index (κ1) is 19.4. The number of ether oxygens (including phenoxy) is 1. The van der Waals surface area contributed by atoms with E-state index in [-0.39, 0.29) is 27.7 Å². The van der Waals surface area contributed by atoms with Crippen molar-refractivity contribution in [2.24, 2.45) is 0 Å². The Labute approximate surface area is 160 Å². The van der Waals surface area contributed by atoms with Crippen LogP contribution in [-0.4, -0.2) is 25.7 Å². The molecule has 1 aromatic heterocycles. The van der Waals surface area contributed by atoms with Gasteiger partial charge in [0.05, 0.1) is 10.5 Å². The molecule has 0 aliphatic rings. The first-order valence-corrected chi connectivity index (χ1v) is 10.0. The van der Waals surface area contributed by atoms with Crippen molar-refractivity contribution in [1.82, 2.24) is 0 Å². The van der Waals surface area contributed by atoms with E-state index >= 15 is 0 Å². The van der Waals surface area contributed by atoms with Gasteiger partial charge in [-0.25, -0.2) is 13.2 Å². The lowest BCUT2D eigenvalue weighted by molar-refractivity contribution is 0.0697. The molecule has 0 aliphatic carbocycles. The molecule has 8 heteroatoms. The summed E-state index contributed by atoms with van der Waals surface area (Å²) in [6.45, 7) is 1.61. The van der Waals surface area contributed by atoms with Gasteiger partial charge < -0.3 is 14.3 Å². The topological polar surface area (TPSA) is 111 Å². The van der Waals surface area contributed by atoms with Crippen LogP contribution in [0.15, 0.2) is 68.7 Å². The third-order valence-corrected chi connectivity index (χ3v) is 5.02. The zero-order valence-electron chi connectivity index (χ0n) is 15.0. The van der Waals surface area contributed by atoms with Gasteiger partial charge in [-0.3, -0.25) is 4.79 Å². The first-order valence-electron chi connectivity index (χ1n) is 8.11. The molecule has 28 heavy (non-hydrogen) atoms. The predicted molar refractivity (Wildman–Crippen MR) is 102 cm³/mol. The maximum Gasteiger partial charge on any atom is 0.335 e. The smallest absolute Gasteiger partial charge is 0.335 e. The zero-order valence-corrected chi connectivity index (χ0v) is 15.8. The summed E-state index contributed by atoms with van der Waals surface area (Å²) < 4.78 is 34.6. The number of hydrogen-bond acceptors (Lipinski definition) is 6. The highest BCUT2D eigenvalue weighted by atomic mass is 32.2. The van der Waals surface area contributed by atoms with Gasteiger partial charge in [0.15, 0.2) is 15.6 Å². The van der Waals surface area contributed by atoms with Gasteiger partial charge in [0, 0.05) is 17.9 Å². The summed E-state index contributed by atoms with van der Waals surface area (Å²) in [6, 6.07) is 12.7. The van der Waals surface area contributed by atoms with Crippen LogP contribution in [0.3, 0.4) is 0 Å². The Hall–Kier alpha value is -3.39. The number of aromatic carboxylic acids is 1. The fraction of sp³-hybridized carbons (Fsp3) is 0.100. The normalized spacial score (nSPS) is 11.2. The molecule has 2 aromatic carbocycles. The van der Waals surface area contributed by atoms with Crippen LogP contribution < -0.4 is 10.2 Å². The van der Waals surface area contributed by atoms with Crippen molar-refractivity contribution in [3.8, 4) is 22.8 Å². The van der Waals surface area contributed by atoms with E-state index in [1.54, 1.807) is 6.92 Å². The maximum absolute atomic E-state index is 12.5. The van der Waals surface area contributed by atoms with Gasteiger partial charge >= 0.3 is 5.97 Å². The summed E-state index contributed by atoms with van der Waals surface area (Å²) >= 11 is 0. The molecule has 0 radical (unpaired) electrons. The first-order chi connectivity index (χ1) is 13.1. The van der Waals surface area contributed by atoms with Crippen LogP contribution in [0.2, 0.25) is 0 Å². The lowest BCUT2D eigenvalue weighted by Crippen LogP contribution is -2.06. The summed E-state index contributed by atoms with van der Waals surface area (Å²) in [5.41, 5.74) is 0.124. The minimum atomic E-state index is -3.36. The molecule has 0 spiro atoms. The standard InChI is InChI=1S/C20H16O7S/c1-12-11-17(21)19(27-15-7-3-14(4-8-15)20(22)23)18(26-12)13-5-9-16(10-6-13)28(2,24)25/h3-11H,1-2H3,(H,22,23). The van der Waals surface area contributed by atoms with Crippen LogP contribution in [0.4, 0.5) is 0 Å². The molecule has 144 valence electrons. The second-order valence-electron chi connectivity index (χ2n) is 6.11. The molecule has 7 nitrogen and oxygen atoms in total. The number of sulfone groups is 1. The molecule has 0 saturated carbocycles. The van der Waals surface area contributed by atoms with Crippen LogP contribution in [0.25, 0.3) is 11.3 Å². The molecule has 1 N–H and O–H groups in total. The van der Waals surface area contributed by atoms with Crippen molar-refractivity contribution in [3.63, 3.8) is 0 Å². The summed E-state index contributed by atoms with van der Waals surface area (Å²) in [7, 11) is -3.36. The lowest BCUT2D eigenvalue weighted by atomic mass is 10.1. The number of hydrogen-bond donors (Lipinski definition) is 1. The van der Waals surface area contributed by atoms with Gasteiger partial charge in [-0.2, -0.15) is 0 Å². The zero-order chi connectivity index (χ0) is 20.5. The van der Waals surface area contributed by atoms with E-state index in [1.807, 2.05) is 0 Å². The quantitative estimate of drug-likeness (QED) is 0.697. The Morgan fingerprint density at radius 3 is 2.18 bits per heavy atom. The average Bonchev–Trinajstić information content (AvgIpc) is 2.63. The largest absolute Gasteiger partial charge is 0.478 e. The number of benzene rings is 2. The van der Waals surface area contributed by atoms with Crippen LogP contribution in [-0.2, 0) is 9.84 Å². The highest BCUT2D eigenvalue weighted by Gasteiger charge is 2.17. The molecular weight excluding hydrogens is 384 g/mol. The Morgan fingerprint density at radius 2 is 1.64 bits per heavy atom. The van der Waals surface area contributed by atoms with E-state index in [0.29, 0.717) is 11.3 Å². The fourth-order valence-corrected chi connectivity index (χ4v) is 3.15. The third kappa shape index (κ3) is 4.12. The van der Waals surface area contributed by atoms with Crippen molar-refractivity contribution in [1.29, 1.82) is 0 Å². The molecule has 0 bridgehead atoms. The highest BCUT2D eigenvalue weighted by Crippen LogP contribution is 2.32. The second-order valence-corrected chi connectivity index (χ2v) is 8.12. The van der Waals surface area contributed by atoms with Crippen LogP contribution >= 0.6 is 0 Å². The summed E-state index contributed by atoms with van der Waals surface area (Å²) in [6.07, 6.45) is 1.10. The molecule has 3 aromatic rings. The van der Waals surface area contributed by atoms with Crippen LogP contribution in [0.5, 0.6) is 11.5 Å². The Morgan fingerprint density at radius 1 is 1.04 bits per heavy atom. The summed E-state index contributed by atoms with van der Waals surface area (Å²) in [4.78, 5) is 23.6. The van der Waals surface area contributed by atoms with Gasteiger partial charge in [-0.1, -0.05) is 0 Å². The van der Waals surface area contributed by atoms with E-state index < -0.39 is 21.2 Å². The molecule has 0 aliphatic heterocycles. The Kier molecular flexibility index (Phi) is 5.06. The van der Waals surface area contributed by atoms with E-state index in [2.05, 4.69) is 0 Å². The maximum atomic E-state index is 12.5. The fourth-order valence-electron chi connectivity index (χ4n) is 2.52. The number of rotatable bonds is 5. The predicted octanol–water partition coefficient (Wildman–Crippen LogP) is 3.51. The van der Waals surface area contributed by atoms with Crippen molar-refractivity contribution < 1.29 is 27.5 Å². The Balaban J connectivity index is 2.05. The van der Waals surface area contributed by atoms with E-state index in [1.165, 1.54) is 54.6 Å². The molecule has 3 rings (SSSR count). The SMILES string of the molecule is Cc1cc(=O)c(Oc2ccc(C(=O)O)cc2)c(-c2ccc(S(C)(=O)=O)cc2)o1. The van der Waals surface area contributed by atoms with Gasteiger partial charge in [-0.05, 0) is 55.5 Å². The molecular formula is C20H16O7S. The van der Waals surface area contributed by atoms with E-state index in [9.17, 15) is 18.0 Å². The van der Waals surface area contributed by atoms with Gasteiger partial charge in [0.25, 0.3) is 0 Å². The van der Waals surface area contributed by atoms with Crippen molar-refractivity contribution in [2.45, 2.75) is 11.8 Å². The van der Waals surface area contributed by atoms with Crippen LogP contribution in [0, 0.1) is 6.92 Å². The van der Waals surface area contributed by atoms with Crippen molar-refractivity contribution in [3.05, 3.63) is 76.1 Å². The van der Waals surface area contributed by atoms with Gasteiger partial charge in [-0.15, -0.1) is 0 Å². The van der Waals surface area contributed by atoms with Crippen molar-refractivity contribution in [2.75, 3.05) is 6.26 Å². The Bertz CT molecular complexity index is 1190. The van der Waals surface area contributed by atoms with E-state index in [0.717, 1.165) is 6.26 Å². The monoisotopic (exact) mass is 400 g/mol. The minimum Gasteiger partial charge on any atom is -0.478 e. The van der Waals surface area contributed by atoms with Crippen molar-refractivity contribution >= 4 is 15.8 Å². The minimum absolute atomic E-state index is 0.0826.